The van der Waals surface area contributed by atoms with Gasteiger partial charge in [-0.2, -0.15) is 0 Å². The fourth-order valence-corrected chi connectivity index (χ4v) is 12.9. The van der Waals surface area contributed by atoms with Crippen molar-refractivity contribution in [1.29, 1.82) is 0 Å². The number of halogens is 2. The first-order chi connectivity index (χ1) is 40.3. The van der Waals surface area contributed by atoms with Gasteiger partial charge in [0.2, 0.25) is 11.8 Å². The van der Waals surface area contributed by atoms with Crippen molar-refractivity contribution in [2.75, 3.05) is 57.2 Å². The molecule has 2 saturated carbocycles. The van der Waals surface area contributed by atoms with Crippen LogP contribution in [0.1, 0.15) is 62.5 Å². The molecule has 14 rings (SSSR count). The summed E-state index contributed by atoms with van der Waals surface area (Å²) in [5.41, 5.74) is 23.2. The van der Waals surface area contributed by atoms with Crippen LogP contribution in [-0.2, 0) is 0 Å². The van der Waals surface area contributed by atoms with Crippen LogP contribution in [-0.4, -0.2) is 125 Å². The second kappa shape index (κ2) is 24.8. The minimum absolute atomic E-state index is 0.0657. The molecule has 4 atom stereocenters. The number of anilines is 6. The minimum Gasteiger partial charge on any atom is -0.506 e. The summed E-state index contributed by atoms with van der Waals surface area (Å²) in [6.07, 6.45) is 14.6. The van der Waals surface area contributed by atoms with Gasteiger partial charge in [0, 0.05) is 123 Å². The highest BCUT2D eigenvalue weighted by Crippen LogP contribution is 2.42. The van der Waals surface area contributed by atoms with Crippen molar-refractivity contribution >= 4 is 79.6 Å². The molecule has 4 aliphatic heterocycles. The van der Waals surface area contributed by atoms with E-state index in [9.17, 15) is 5.11 Å². The number of fused-ring (bicyclic) bond motifs is 4. The summed E-state index contributed by atoms with van der Waals surface area (Å²) in [5, 5.41) is 35.7. The summed E-state index contributed by atoms with van der Waals surface area (Å²) < 4.78 is 20.1. The normalized spacial score (nSPS) is 23.0. The molecule has 4 unspecified atom stereocenters. The fraction of sp³-hybridized carbons (Fsp3) is 0.355. The number of aliphatic hydroxyl groups is 1. The molecule has 0 radical (unpaired) electrons. The topological polar surface area (TPSA) is 236 Å². The Labute approximate surface area is 510 Å². The van der Waals surface area contributed by atoms with Crippen molar-refractivity contribution in [3.05, 3.63) is 153 Å². The number of ether oxygens (including phenoxy) is 3. The van der Waals surface area contributed by atoms with Crippen LogP contribution in [0.15, 0.2) is 134 Å². The van der Waals surface area contributed by atoms with Gasteiger partial charge in [0.15, 0.2) is 11.6 Å². The molecule has 10 heterocycles. The highest BCUT2D eigenvalue weighted by Gasteiger charge is 2.43. The van der Waals surface area contributed by atoms with E-state index in [1.54, 1.807) is 18.3 Å². The monoisotopic (exact) mass is 1340 g/mol. The van der Waals surface area contributed by atoms with Crippen LogP contribution < -0.4 is 45.3 Å². The molecule has 0 spiro atoms. The maximum absolute atomic E-state index is 9.54. The van der Waals surface area contributed by atoms with Crippen LogP contribution >= 0.6 is 45.2 Å². The lowest BCUT2D eigenvalue weighted by atomic mass is 9.92. The molecule has 6 N–H and O–H groups in total. The number of hydrogen-bond donors (Lipinski definition) is 4. The van der Waals surface area contributed by atoms with Crippen LogP contribution in [0.5, 0.6) is 23.3 Å². The van der Waals surface area contributed by atoms with Crippen molar-refractivity contribution in [3.63, 3.8) is 0 Å². The number of piperazine rings is 2. The van der Waals surface area contributed by atoms with E-state index >= 15 is 0 Å². The zero-order valence-electron chi connectivity index (χ0n) is 46.2. The summed E-state index contributed by atoms with van der Waals surface area (Å²) in [4.78, 5) is 26.9. The Hall–Kier alpha value is -7.38. The van der Waals surface area contributed by atoms with Crippen molar-refractivity contribution in [3.8, 4) is 45.8 Å². The fourth-order valence-electron chi connectivity index (χ4n) is 12.2. The van der Waals surface area contributed by atoms with E-state index in [-0.39, 0.29) is 30.2 Å². The molecule has 19 nitrogen and oxygen atoms in total. The first-order valence-electron chi connectivity index (χ1n) is 28.3. The number of rotatable bonds is 12. The number of aryl methyl sites for hydroxylation is 2. The van der Waals surface area contributed by atoms with Gasteiger partial charge in [0.05, 0.1) is 41.3 Å². The van der Waals surface area contributed by atoms with Gasteiger partial charge in [-0.1, -0.05) is 48.5 Å². The Morgan fingerprint density at radius 2 is 0.952 bits per heavy atom. The molecule has 0 amide bonds. The van der Waals surface area contributed by atoms with Crippen molar-refractivity contribution < 1.29 is 24.4 Å². The van der Waals surface area contributed by atoms with E-state index in [2.05, 4.69) is 174 Å². The Morgan fingerprint density at radius 1 is 0.506 bits per heavy atom. The SMILES string of the molecule is Cc1ccccc1-c1cc(N2CC3CCC(C2)N3c2ccnc(OC3CC(O)C3)c2)c(N)nn1.Cc1ccccc1-c1cc(N2CC3CCC(C2)N3c2ccnc(OC3CC(Oc4ccc(I)nc4)C3)c2)c(N)nn1.Oc1ccc(I)nc1. The number of nitrogens with two attached hydrogens (primary N) is 2. The highest BCUT2D eigenvalue weighted by atomic mass is 127. The first-order valence-corrected chi connectivity index (χ1v) is 30.5. The Kier molecular flexibility index (Phi) is 16.8. The summed E-state index contributed by atoms with van der Waals surface area (Å²) in [7, 11) is 0. The van der Waals surface area contributed by atoms with Crippen molar-refractivity contribution in [1.82, 2.24) is 40.3 Å². The average molecular weight is 1340 g/mol. The zero-order chi connectivity index (χ0) is 57.1. The number of aromatic hydroxyl groups is 1. The van der Waals surface area contributed by atoms with Crippen molar-refractivity contribution in [2.45, 2.75) is 114 Å². The predicted octanol–water partition coefficient (Wildman–Crippen LogP) is 9.86. The predicted molar refractivity (Wildman–Crippen MR) is 338 cm³/mol. The molecular weight excluding hydrogens is 1270 g/mol. The van der Waals surface area contributed by atoms with E-state index in [1.165, 1.54) is 23.0 Å². The number of benzene rings is 2. The maximum Gasteiger partial charge on any atom is 0.215 e. The lowest BCUT2D eigenvalue weighted by Gasteiger charge is -2.43. The smallest absolute Gasteiger partial charge is 0.215 e. The first kappa shape index (κ1) is 56.1. The summed E-state index contributed by atoms with van der Waals surface area (Å²) in [5.74, 6) is 3.30. The second-order valence-corrected chi connectivity index (χ2v) is 24.4. The molecule has 6 aliphatic rings. The van der Waals surface area contributed by atoms with Gasteiger partial charge in [0.1, 0.15) is 37.2 Å². The molecule has 6 aromatic heterocycles. The molecule has 21 heteroatoms. The summed E-state index contributed by atoms with van der Waals surface area (Å²) >= 11 is 4.27. The van der Waals surface area contributed by atoms with Gasteiger partial charge in [-0.15, -0.1) is 20.4 Å². The molecule has 428 valence electrons. The number of nitrogens with zero attached hydrogens (tertiary/aromatic N) is 12. The van der Waals surface area contributed by atoms with Crippen LogP contribution in [0.4, 0.5) is 34.4 Å². The van der Waals surface area contributed by atoms with E-state index < -0.39 is 0 Å². The molecule has 4 saturated heterocycles. The van der Waals surface area contributed by atoms with E-state index in [0.717, 1.165) is 117 Å². The maximum atomic E-state index is 9.54. The van der Waals surface area contributed by atoms with Crippen molar-refractivity contribution in [2.24, 2.45) is 0 Å². The van der Waals surface area contributed by atoms with E-state index in [4.69, 9.17) is 30.8 Å². The third-order valence-electron chi connectivity index (χ3n) is 16.5. The number of nitrogen functional groups attached to an aromatic ring is 2. The van der Waals surface area contributed by atoms with Gasteiger partial charge in [-0.05, 0) is 144 Å². The van der Waals surface area contributed by atoms with Gasteiger partial charge >= 0.3 is 0 Å². The van der Waals surface area contributed by atoms with E-state index in [1.807, 2.05) is 54.9 Å². The number of aromatic nitrogens is 8. The summed E-state index contributed by atoms with van der Waals surface area (Å²) in [6.45, 7) is 7.71. The number of hydrogen-bond acceptors (Lipinski definition) is 19. The lowest BCUT2D eigenvalue weighted by Crippen LogP contribution is -2.54. The highest BCUT2D eigenvalue weighted by molar-refractivity contribution is 14.1. The molecular formula is C62H66I2N14O5. The van der Waals surface area contributed by atoms with Gasteiger partial charge in [-0.3, -0.25) is 0 Å². The Bertz CT molecular complexity index is 3490. The average Bonchev–Trinajstić information content (AvgIpc) is 3.99. The van der Waals surface area contributed by atoms with Gasteiger partial charge in [-0.25, -0.2) is 19.9 Å². The molecule has 4 bridgehead atoms. The number of aliphatic hydroxyl groups excluding tert-OH is 1. The van der Waals surface area contributed by atoms with Gasteiger partial charge in [0.25, 0.3) is 0 Å². The second-order valence-electron chi connectivity index (χ2n) is 22.2. The van der Waals surface area contributed by atoms with Crippen LogP contribution in [0.3, 0.4) is 0 Å². The van der Waals surface area contributed by atoms with Gasteiger partial charge < -0.3 is 55.5 Å². The van der Waals surface area contributed by atoms with Crippen LogP contribution in [0.2, 0.25) is 0 Å². The largest absolute Gasteiger partial charge is 0.506 e. The third-order valence-corrected chi connectivity index (χ3v) is 17.8. The standard InChI is InChI=1S/C31H32IN7O2.C26H30N6O2.C5H4INO/c1-19-4-2-3-5-26(19)27-15-28(31(33)37-36-27)38-17-21-6-7-22(18-38)39(21)20-10-11-34-30(12-20)41-25-13-24(14-25)40-23-8-9-29(32)35-16-23;1-16-4-2-3-5-22(16)23-13-24(26(27)30-29-23)31-14-18-6-7-19(15-31)32(18)17-8-9-28-25(10-17)34-21-11-20(33)12-21;6-5-2-1-4(8)3-7-5/h2-5,8-12,15-16,21-22,24-25H,6-7,13-14,17-18H2,1H3,(H2,33,37);2-5,8-10,13,18-21,33H,6-7,11-12,14-15H2,1H3,(H2,27,30);1-3,8H. The minimum atomic E-state index is -0.237. The molecule has 6 fully saturated rings. The Morgan fingerprint density at radius 3 is 1.37 bits per heavy atom. The third kappa shape index (κ3) is 12.9. The molecule has 8 aromatic rings. The molecule has 83 heavy (non-hydrogen) atoms. The Balaban J connectivity index is 0.000000146. The van der Waals surface area contributed by atoms with E-state index in [0.29, 0.717) is 60.4 Å². The quantitative estimate of drug-likeness (QED) is 0.0658. The van der Waals surface area contributed by atoms with Crippen LogP contribution in [0.25, 0.3) is 22.5 Å². The molecule has 2 aromatic carbocycles. The summed E-state index contributed by atoms with van der Waals surface area (Å²) in [6, 6.07) is 37.8. The lowest BCUT2D eigenvalue weighted by molar-refractivity contribution is -0.0128. The molecule has 2 aliphatic carbocycles. The zero-order valence-corrected chi connectivity index (χ0v) is 50.5. The number of pyridine rings is 4. The van der Waals surface area contributed by atoms with Crippen LogP contribution in [0, 0.1) is 21.2 Å².